The predicted octanol–water partition coefficient (Wildman–Crippen LogP) is 2.89. The lowest BCUT2D eigenvalue weighted by atomic mass is 10.0. The molecule has 152 valence electrons. The first-order chi connectivity index (χ1) is 13.1. The van der Waals surface area contributed by atoms with Gasteiger partial charge in [0.2, 0.25) is 0 Å². The van der Waals surface area contributed by atoms with E-state index in [-0.39, 0.29) is 0 Å². The number of aliphatic imine (C=N–C) groups is 1. The van der Waals surface area contributed by atoms with E-state index >= 15 is 0 Å². The number of guanidine groups is 1. The average molecular weight is 378 g/mol. The highest BCUT2D eigenvalue weighted by Crippen LogP contribution is 2.48. The molecular weight excluding hydrogens is 342 g/mol. The fourth-order valence-electron chi connectivity index (χ4n) is 2.95. The Hall–Kier alpha value is -1.79. The Morgan fingerprint density at radius 1 is 1.11 bits per heavy atom. The summed E-state index contributed by atoms with van der Waals surface area (Å²) < 4.78 is 16.2. The maximum absolute atomic E-state index is 5.87. The van der Waals surface area contributed by atoms with Crippen molar-refractivity contribution in [1.29, 1.82) is 0 Å². The molecule has 0 amide bonds. The molecule has 1 aromatic rings. The van der Waals surface area contributed by atoms with Gasteiger partial charge in [-0.3, -0.25) is 0 Å². The molecule has 0 radical (unpaired) electrons. The second-order valence-corrected chi connectivity index (χ2v) is 7.24. The first-order valence-electron chi connectivity index (χ1n) is 9.85. The molecule has 0 unspecified atom stereocenters. The summed E-state index contributed by atoms with van der Waals surface area (Å²) in [5, 5.41) is 6.85. The van der Waals surface area contributed by atoms with Gasteiger partial charge in [0.05, 0.1) is 13.2 Å². The van der Waals surface area contributed by atoms with Crippen LogP contribution in [0.2, 0.25) is 0 Å². The highest BCUT2D eigenvalue weighted by molar-refractivity contribution is 5.79. The molecule has 6 nitrogen and oxygen atoms in total. The highest BCUT2D eigenvalue weighted by atomic mass is 16.5. The van der Waals surface area contributed by atoms with E-state index in [1.54, 1.807) is 14.2 Å². The Morgan fingerprint density at radius 3 is 2.56 bits per heavy atom. The molecule has 1 saturated carbocycles. The Bertz CT molecular complexity index is 600. The molecule has 0 saturated heterocycles. The third-order valence-electron chi connectivity index (χ3n) is 4.94. The van der Waals surface area contributed by atoms with Crippen LogP contribution in [0.15, 0.2) is 23.2 Å². The number of methoxy groups -OCH3 is 2. The molecule has 1 fully saturated rings. The van der Waals surface area contributed by atoms with E-state index < -0.39 is 0 Å². The molecule has 0 spiro atoms. The van der Waals surface area contributed by atoms with Crippen LogP contribution < -0.4 is 15.4 Å². The van der Waals surface area contributed by atoms with Gasteiger partial charge in [0.25, 0.3) is 0 Å². The molecule has 0 heterocycles. The van der Waals surface area contributed by atoms with Crippen LogP contribution in [-0.2, 0) is 16.0 Å². The molecule has 1 aliphatic rings. The Balaban J connectivity index is 1.97. The van der Waals surface area contributed by atoms with Crippen molar-refractivity contribution in [2.75, 3.05) is 47.1 Å². The Kier molecular flexibility index (Phi) is 8.88. The zero-order valence-electron chi connectivity index (χ0n) is 17.3. The molecule has 0 aliphatic heterocycles. The van der Waals surface area contributed by atoms with Crippen LogP contribution in [0.25, 0.3) is 0 Å². The fourth-order valence-corrected chi connectivity index (χ4v) is 2.95. The average Bonchev–Trinajstić information content (AvgIpc) is 3.44. The molecular formula is C21H35N3O3. The monoisotopic (exact) mass is 377 g/mol. The summed E-state index contributed by atoms with van der Waals surface area (Å²) in [5.74, 6) is 1.73. The van der Waals surface area contributed by atoms with Gasteiger partial charge in [-0.2, -0.15) is 0 Å². The van der Waals surface area contributed by atoms with Gasteiger partial charge in [-0.1, -0.05) is 12.1 Å². The third kappa shape index (κ3) is 7.39. The maximum Gasteiger partial charge on any atom is 0.191 e. The predicted molar refractivity (Wildman–Crippen MR) is 110 cm³/mol. The van der Waals surface area contributed by atoms with E-state index in [4.69, 9.17) is 19.2 Å². The normalized spacial score (nSPS) is 15.5. The summed E-state index contributed by atoms with van der Waals surface area (Å²) >= 11 is 0. The van der Waals surface area contributed by atoms with Crippen LogP contribution in [-0.4, -0.2) is 53.1 Å². The number of rotatable bonds is 12. The van der Waals surface area contributed by atoms with Crippen molar-refractivity contribution < 1.29 is 14.2 Å². The lowest BCUT2D eigenvalue weighted by Gasteiger charge is -2.18. The van der Waals surface area contributed by atoms with Gasteiger partial charge in [-0.25, -0.2) is 4.99 Å². The third-order valence-corrected chi connectivity index (χ3v) is 4.94. The second-order valence-electron chi connectivity index (χ2n) is 7.24. The molecule has 1 aliphatic carbocycles. The number of nitrogens with zero attached hydrogens (tertiary/aromatic N) is 1. The van der Waals surface area contributed by atoms with Gasteiger partial charge >= 0.3 is 0 Å². The molecule has 1 aromatic carbocycles. The van der Waals surface area contributed by atoms with Crippen molar-refractivity contribution in [2.24, 2.45) is 10.4 Å². The van der Waals surface area contributed by atoms with Crippen molar-refractivity contribution in [2.45, 2.75) is 39.7 Å². The van der Waals surface area contributed by atoms with Gasteiger partial charge in [0.15, 0.2) is 5.96 Å². The van der Waals surface area contributed by atoms with Crippen molar-refractivity contribution in [3.8, 4) is 5.75 Å². The van der Waals surface area contributed by atoms with E-state index in [2.05, 4.69) is 42.7 Å². The van der Waals surface area contributed by atoms with Crippen molar-refractivity contribution in [3.63, 3.8) is 0 Å². The molecule has 2 rings (SSSR count). The zero-order chi connectivity index (χ0) is 19.5. The van der Waals surface area contributed by atoms with Gasteiger partial charge in [0, 0.05) is 39.5 Å². The van der Waals surface area contributed by atoms with E-state index in [1.807, 2.05) is 0 Å². The van der Waals surface area contributed by atoms with Crippen LogP contribution in [0, 0.1) is 12.3 Å². The topological polar surface area (TPSA) is 64.1 Å². The maximum atomic E-state index is 5.87. The fraction of sp³-hybridized carbons (Fsp3) is 0.667. The number of hydrogen-bond acceptors (Lipinski definition) is 4. The summed E-state index contributed by atoms with van der Waals surface area (Å²) in [4.78, 5) is 4.77. The Morgan fingerprint density at radius 2 is 1.89 bits per heavy atom. The molecule has 0 atom stereocenters. The number of hydrogen-bond donors (Lipinski definition) is 2. The molecule has 6 heteroatoms. The van der Waals surface area contributed by atoms with Gasteiger partial charge < -0.3 is 24.8 Å². The van der Waals surface area contributed by atoms with Crippen molar-refractivity contribution >= 4 is 5.96 Å². The summed E-state index contributed by atoms with van der Waals surface area (Å²) in [6.45, 7) is 8.43. The summed E-state index contributed by atoms with van der Waals surface area (Å²) in [6.07, 6.45) is 3.63. The quantitative estimate of drug-likeness (QED) is 0.333. The molecule has 0 aromatic heterocycles. The number of nitrogens with one attached hydrogen (secondary N) is 2. The lowest BCUT2D eigenvalue weighted by Crippen LogP contribution is -2.40. The van der Waals surface area contributed by atoms with Crippen molar-refractivity contribution in [3.05, 3.63) is 29.3 Å². The zero-order valence-corrected chi connectivity index (χ0v) is 17.3. The van der Waals surface area contributed by atoms with Crippen LogP contribution >= 0.6 is 0 Å². The van der Waals surface area contributed by atoms with Crippen LogP contribution in [0.3, 0.4) is 0 Å². The van der Waals surface area contributed by atoms with E-state index in [9.17, 15) is 0 Å². The van der Waals surface area contributed by atoms with Gasteiger partial charge in [0.1, 0.15) is 12.4 Å². The minimum Gasteiger partial charge on any atom is -0.491 e. The summed E-state index contributed by atoms with van der Waals surface area (Å²) in [5.41, 5.74) is 2.63. The standard InChI is InChI=1S/C21H35N3O3/c1-5-22-20(24-16-21(8-9-21)10-11-25-3)23-15-18-7-6-17(2)14-19(18)27-13-12-26-4/h6-7,14H,5,8-13,15-16H2,1-4H3,(H2,22,23,24). The van der Waals surface area contributed by atoms with Crippen molar-refractivity contribution in [1.82, 2.24) is 10.6 Å². The van der Waals surface area contributed by atoms with E-state index in [1.165, 1.54) is 18.4 Å². The smallest absolute Gasteiger partial charge is 0.191 e. The first-order valence-corrected chi connectivity index (χ1v) is 9.85. The lowest BCUT2D eigenvalue weighted by molar-refractivity contribution is 0.145. The highest BCUT2D eigenvalue weighted by Gasteiger charge is 2.41. The van der Waals surface area contributed by atoms with Gasteiger partial charge in [-0.05, 0) is 50.2 Å². The molecule has 27 heavy (non-hydrogen) atoms. The number of ether oxygens (including phenoxy) is 3. The van der Waals surface area contributed by atoms with Gasteiger partial charge in [-0.15, -0.1) is 0 Å². The molecule has 0 bridgehead atoms. The molecule has 2 N–H and O–H groups in total. The minimum absolute atomic E-state index is 0.379. The minimum atomic E-state index is 0.379. The largest absolute Gasteiger partial charge is 0.491 e. The van der Waals surface area contributed by atoms with Crippen LogP contribution in [0.5, 0.6) is 5.75 Å². The summed E-state index contributed by atoms with van der Waals surface area (Å²) in [7, 11) is 3.45. The van der Waals surface area contributed by atoms with Crippen LogP contribution in [0.4, 0.5) is 0 Å². The number of aryl methyl sites for hydroxylation is 1. The van der Waals surface area contributed by atoms with E-state index in [0.29, 0.717) is 25.2 Å². The van der Waals surface area contributed by atoms with E-state index in [0.717, 1.165) is 43.4 Å². The Labute approximate surface area is 163 Å². The summed E-state index contributed by atoms with van der Waals surface area (Å²) in [6, 6.07) is 6.24. The second kappa shape index (κ2) is 11.1. The van der Waals surface area contributed by atoms with Crippen LogP contribution in [0.1, 0.15) is 37.3 Å². The first kappa shape index (κ1) is 21.5. The SMILES string of the molecule is CCNC(=NCc1ccc(C)cc1OCCOC)NCC1(CCOC)CC1. The number of benzene rings is 1.